The number of phosphoric acid groups is 1. The second-order valence-corrected chi connectivity index (χ2v) is 5.03. The molecule has 2 rings (SSSR count). The average Bonchev–Trinajstić information content (AvgIpc) is 2.38. The van der Waals surface area contributed by atoms with E-state index in [1.807, 2.05) is 0 Å². The van der Waals surface area contributed by atoms with Gasteiger partial charge in [0.1, 0.15) is 5.75 Å². The summed E-state index contributed by atoms with van der Waals surface area (Å²) in [5.41, 5.74) is 7.37. The van der Waals surface area contributed by atoms with Crippen LogP contribution in [0, 0.1) is 0 Å². The van der Waals surface area contributed by atoms with E-state index in [-0.39, 0.29) is 5.75 Å². The van der Waals surface area contributed by atoms with Crippen molar-refractivity contribution >= 4 is 24.9 Å². The van der Waals surface area contributed by atoms with Gasteiger partial charge in [-0.25, -0.2) is 4.57 Å². The fraction of sp³-hybridized carbons (Fsp3) is 0. The topological polar surface area (TPSA) is 118 Å². The van der Waals surface area contributed by atoms with Crippen LogP contribution in [0.5, 0.6) is 5.75 Å². The predicted molar refractivity (Wildman–Crippen MR) is 74.1 cm³/mol. The van der Waals surface area contributed by atoms with E-state index in [4.69, 9.17) is 15.5 Å². The largest absolute Gasteiger partial charge is 0.524 e. The molecule has 0 unspecified atom stereocenters. The fourth-order valence-corrected chi connectivity index (χ4v) is 1.76. The zero-order chi connectivity index (χ0) is 14.6. The van der Waals surface area contributed by atoms with Crippen molar-refractivity contribution in [3.8, 4) is 5.75 Å². The van der Waals surface area contributed by atoms with Crippen LogP contribution in [0.2, 0.25) is 0 Å². The lowest BCUT2D eigenvalue weighted by atomic mass is 10.3. The highest BCUT2D eigenvalue weighted by atomic mass is 31.2. The molecule has 4 N–H and O–H groups in total. The molecule has 0 fully saturated rings. The predicted octanol–water partition coefficient (Wildman–Crippen LogP) is 3.16. The zero-order valence-electron chi connectivity index (χ0n) is 10.2. The van der Waals surface area contributed by atoms with Gasteiger partial charge in [-0.15, -0.1) is 0 Å². The Morgan fingerprint density at radius 3 is 1.80 bits per heavy atom. The summed E-state index contributed by atoms with van der Waals surface area (Å²) in [7, 11) is -4.54. The van der Waals surface area contributed by atoms with Crippen LogP contribution in [-0.4, -0.2) is 9.79 Å². The van der Waals surface area contributed by atoms with Crippen molar-refractivity contribution in [2.24, 2.45) is 10.2 Å². The molecule has 8 heteroatoms. The van der Waals surface area contributed by atoms with Crippen molar-refractivity contribution in [1.82, 2.24) is 0 Å². The standard InChI is InChI=1S/C12H12N3O4P/c13-9-1-3-10(4-2-9)14-15-11-5-7-12(8-6-11)19-20(16,17)18/h1-8H,13H2,(H2,16,17,18). The molecule has 20 heavy (non-hydrogen) atoms. The van der Waals surface area contributed by atoms with E-state index in [9.17, 15) is 4.57 Å². The molecule has 2 aromatic carbocycles. The molecule has 104 valence electrons. The SMILES string of the molecule is Nc1ccc(N=Nc2ccc(OP(=O)(O)O)cc2)cc1. The Bertz CT molecular complexity index is 649. The third kappa shape index (κ3) is 4.47. The third-order valence-electron chi connectivity index (χ3n) is 2.24. The Kier molecular flexibility index (Phi) is 4.14. The lowest BCUT2D eigenvalue weighted by molar-refractivity contribution is 0.283. The van der Waals surface area contributed by atoms with E-state index < -0.39 is 7.82 Å². The number of phosphoric ester groups is 1. The summed E-state index contributed by atoms with van der Waals surface area (Å²) in [6, 6.07) is 12.7. The molecule has 0 spiro atoms. The molecule has 0 aliphatic rings. The molecule has 0 heterocycles. The lowest BCUT2D eigenvalue weighted by Crippen LogP contribution is -1.88. The van der Waals surface area contributed by atoms with Crippen molar-refractivity contribution < 1.29 is 18.9 Å². The van der Waals surface area contributed by atoms with Crippen LogP contribution in [0.1, 0.15) is 0 Å². The van der Waals surface area contributed by atoms with E-state index in [1.54, 1.807) is 24.3 Å². The summed E-state index contributed by atoms with van der Waals surface area (Å²) in [4.78, 5) is 17.3. The second-order valence-electron chi connectivity index (χ2n) is 3.87. The maximum atomic E-state index is 10.6. The van der Waals surface area contributed by atoms with Crippen molar-refractivity contribution in [2.45, 2.75) is 0 Å². The first kappa shape index (κ1) is 14.2. The molecule has 0 bridgehead atoms. The van der Waals surface area contributed by atoms with Crippen molar-refractivity contribution in [1.29, 1.82) is 0 Å². The molecular formula is C12H12N3O4P. The molecule has 0 radical (unpaired) electrons. The zero-order valence-corrected chi connectivity index (χ0v) is 11.1. The molecule has 0 saturated heterocycles. The number of nitrogens with zero attached hydrogens (tertiary/aromatic N) is 2. The smallest absolute Gasteiger partial charge is 0.404 e. The Balaban J connectivity index is 2.07. The summed E-state index contributed by atoms with van der Waals surface area (Å²) >= 11 is 0. The van der Waals surface area contributed by atoms with Crippen LogP contribution in [-0.2, 0) is 4.57 Å². The van der Waals surface area contributed by atoms with Gasteiger partial charge in [0.25, 0.3) is 0 Å². The molecule has 0 amide bonds. The Labute approximate surface area is 115 Å². The summed E-state index contributed by atoms with van der Waals surface area (Å²) < 4.78 is 15.1. The first-order valence-electron chi connectivity index (χ1n) is 5.55. The highest BCUT2D eigenvalue weighted by Crippen LogP contribution is 2.37. The minimum absolute atomic E-state index is 0.0600. The highest BCUT2D eigenvalue weighted by molar-refractivity contribution is 7.46. The van der Waals surface area contributed by atoms with Gasteiger partial charge in [-0.1, -0.05) is 0 Å². The van der Waals surface area contributed by atoms with E-state index >= 15 is 0 Å². The molecule has 2 aromatic rings. The Morgan fingerprint density at radius 1 is 0.900 bits per heavy atom. The number of hydrogen-bond donors (Lipinski definition) is 3. The summed E-state index contributed by atoms with van der Waals surface area (Å²) in [5, 5.41) is 7.98. The van der Waals surface area contributed by atoms with Gasteiger partial charge in [0.2, 0.25) is 0 Å². The van der Waals surface area contributed by atoms with E-state index in [2.05, 4.69) is 14.8 Å². The monoisotopic (exact) mass is 293 g/mol. The van der Waals surface area contributed by atoms with Gasteiger partial charge >= 0.3 is 7.82 Å². The van der Waals surface area contributed by atoms with Crippen molar-refractivity contribution in [3.05, 3.63) is 48.5 Å². The Morgan fingerprint density at radius 2 is 1.35 bits per heavy atom. The van der Waals surface area contributed by atoms with E-state index in [0.29, 0.717) is 17.1 Å². The first-order valence-corrected chi connectivity index (χ1v) is 7.08. The number of nitrogens with two attached hydrogens (primary N) is 1. The van der Waals surface area contributed by atoms with Crippen LogP contribution >= 0.6 is 7.82 Å². The number of azo groups is 1. The van der Waals surface area contributed by atoms with Gasteiger partial charge in [0.15, 0.2) is 0 Å². The maximum Gasteiger partial charge on any atom is 0.524 e. The number of rotatable bonds is 4. The van der Waals surface area contributed by atoms with Gasteiger partial charge in [-0.2, -0.15) is 10.2 Å². The molecule has 0 aliphatic heterocycles. The fourth-order valence-electron chi connectivity index (χ4n) is 1.37. The lowest BCUT2D eigenvalue weighted by Gasteiger charge is -2.05. The molecule has 0 aliphatic carbocycles. The second kappa shape index (κ2) is 5.83. The molecule has 0 atom stereocenters. The maximum absolute atomic E-state index is 10.6. The van der Waals surface area contributed by atoms with Crippen LogP contribution in [0.4, 0.5) is 17.1 Å². The minimum atomic E-state index is -4.54. The third-order valence-corrected chi connectivity index (χ3v) is 2.68. The Hall–Kier alpha value is -2.21. The number of nitrogen functional groups attached to an aromatic ring is 1. The van der Waals surface area contributed by atoms with E-state index in [0.717, 1.165) is 0 Å². The normalized spacial score (nSPS) is 11.7. The summed E-state index contributed by atoms with van der Waals surface area (Å²) in [5.74, 6) is 0.0600. The molecule has 0 saturated carbocycles. The number of anilines is 1. The number of hydrogen-bond acceptors (Lipinski definition) is 5. The molecule has 7 nitrogen and oxygen atoms in total. The van der Waals surface area contributed by atoms with Crippen LogP contribution in [0.3, 0.4) is 0 Å². The first-order chi connectivity index (χ1) is 9.42. The van der Waals surface area contributed by atoms with Gasteiger partial charge < -0.3 is 10.3 Å². The molecular weight excluding hydrogens is 281 g/mol. The van der Waals surface area contributed by atoms with Gasteiger partial charge in [-0.05, 0) is 48.5 Å². The highest BCUT2D eigenvalue weighted by Gasteiger charge is 2.15. The number of benzene rings is 2. The van der Waals surface area contributed by atoms with Gasteiger partial charge in [0.05, 0.1) is 11.4 Å². The van der Waals surface area contributed by atoms with Gasteiger partial charge in [0, 0.05) is 5.69 Å². The summed E-state index contributed by atoms with van der Waals surface area (Å²) in [6.45, 7) is 0. The van der Waals surface area contributed by atoms with Gasteiger partial charge in [-0.3, -0.25) is 9.79 Å². The van der Waals surface area contributed by atoms with Crippen LogP contribution in [0.25, 0.3) is 0 Å². The van der Waals surface area contributed by atoms with Crippen LogP contribution < -0.4 is 10.3 Å². The van der Waals surface area contributed by atoms with E-state index in [1.165, 1.54) is 24.3 Å². The van der Waals surface area contributed by atoms with Crippen LogP contribution in [0.15, 0.2) is 58.8 Å². The minimum Gasteiger partial charge on any atom is -0.404 e. The van der Waals surface area contributed by atoms with Crippen molar-refractivity contribution in [2.75, 3.05) is 5.73 Å². The summed E-state index contributed by atoms with van der Waals surface area (Å²) in [6.07, 6.45) is 0. The quantitative estimate of drug-likeness (QED) is 0.454. The van der Waals surface area contributed by atoms with Crippen molar-refractivity contribution in [3.63, 3.8) is 0 Å². The molecule has 0 aromatic heterocycles. The average molecular weight is 293 g/mol.